The van der Waals surface area contributed by atoms with E-state index >= 15 is 0 Å². The van der Waals surface area contributed by atoms with Gasteiger partial charge in [-0.1, -0.05) is 0 Å². The van der Waals surface area contributed by atoms with Crippen LogP contribution in [0.2, 0.25) is 0 Å². The van der Waals surface area contributed by atoms with E-state index in [9.17, 15) is 0 Å². The van der Waals surface area contributed by atoms with Crippen molar-refractivity contribution in [1.82, 2.24) is 9.97 Å². The molecule has 1 aromatic rings. The molecule has 2 rings (SSSR count). The average Bonchev–Trinajstić information content (AvgIpc) is 2.30. The smallest absolute Gasteiger partial charge is 0.159 e. The third kappa shape index (κ3) is 2.06. The molecule has 1 saturated heterocycles. The zero-order chi connectivity index (χ0) is 9.80. The molecule has 0 aliphatic carbocycles. The molecule has 1 N–H and O–H groups in total. The van der Waals surface area contributed by atoms with Crippen molar-refractivity contribution in [1.29, 1.82) is 0 Å². The van der Waals surface area contributed by atoms with Gasteiger partial charge in [-0.15, -0.1) is 0 Å². The normalized spacial score (nSPS) is 22.2. The molecule has 1 aliphatic rings. The van der Waals surface area contributed by atoms with Crippen molar-refractivity contribution in [3.05, 3.63) is 23.8 Å². The van der Waals surface area contributed by atoms with Crippen LogP contribution in [0.25, 0.3) is 0 Å². The highest BCUT2D eigenvalue weighted by molar-refractivity contribution is 5.03. The number of nitrogens with zero attached hydrogens (tertiary/aromatic N) is 2. The molecule has 14 heavy (non-hydrogen) atoms. The van der Waals surface area contributed by atoms with Gasteiger partial charge in [-0.3, -0.25) is 0 Å². The van der Waals surface area contributed by atoms with Crippen LogP contribution in [0.1, 0.15) is 17.6 Å². The lowest BCUT2D eigenvalue weighted by molar-refractivity contribution is -0.0936. The first-order valence-corrected chi connectivity index (χ1v) is 4.52. The molecule has 1 atom stereocenters. The second-order valence-corrected chi connectivity index (χ2v) is 3.00. The molecule has 76 valence electrons. The molecule has 0 radical (unpaired) electrons. The number of hydrogen-bond acceptors (Lipinski definition) is 5. The summed E-state index contributed by atoms with van der Waals surface area (Å²) >= 11 is 0. The predicted molar refractivity (Wildman–Crippen MR) is 47.5 cm³/mol. The van der Waals surface area contributed by atoms with Crippen molar-refractivity contribution in [3.8, 4) is 0 Å². The Balaban J connectivity index is 2.13. The summed E-state index contributed by atoms with van der Waals surface area (Å²) in [6.45, 7) is 1.59. The van der Waals surface area contributed by atoms with E-state index in [0.29, 0.717) is 31.3 Å². The number of rotatable bonds is 2. The Bertz CT molecular complexity index is 300. The van der Waals surface area contributed by atoms with Crippen LogP contribution in [-0.4, -0.2) is 34.9 Å². The minimum absolute atomic E-state index is 0.0803. The molecule has 1 aliphatic heterocycles. The zero-order valence-corrected chi connectivity index (χ0v) is 7.72. The molecule has 5 nitrogen and oxygen atoms in total. The molecule has 0 aromatic carbocycles. The molecule has 1 aromatic heterocycles. The van der Waals surface area contributed by atoms with Crippen LogP contribution in [-0.2, 0) is 16.1 Å². The van der Waals surface area contributed by atoms with Crippen LogP contribution in [0.4, 0.5) is 0 Å². The molecule has 5 heteroatoms. The van der Waals surface area contributed by atoms with Crippen LogP contribution in [0.3, 0.4) is 0 Å². The molecule has 0 saturated carbocycles. The van der Waals surface area contributed by atoms with Gasteiger partial charge < -0.3 is 14.6 Å². The van der Waals surface area contributed by atoms with Crippen LogP contribution < -0.4 is 0 Å². The first kappa shape index (κ1) is 9.51. The van der Waals surface area contributed by atoms with Crippen molar-refractivity contribution in [2.45, 2.75) is 12.7 Å². The fourth-order valence-electron chi connectivity index (χ4n) is 1.29. The summed E-state index contributed by atoms with van der Waals surface area (Å²) in [5.74, 6) is 0.580. The molecule has 0 amide bonds. The molecular weight excluding hydrogens is 184 g/mol. The zero-order valence-electron chi connectivity index (χ0n) is 7.72. The summed E-state index contributed by atoms with van der Waals surface area (Å²) in [6.07, 6.45) is 1.42. The van der Waals surface area contributed by atoms with E-state index in [0.717, 1.165) is 0 Å². The van der Waals surface area contributed by atoms with Gasteiger partial charge in [0, 0.05) is 6.20 Å². The van der Waals surface area contributed by atoms with E-state index in [1.165, 1.54) is 0 Å². The van der Waals surface area contributed by atoms with Gasteiger partial charge in [0.15, 0.2) is 5.82 Å². The standard InChI is InChI=1S/C9H12N2O3/c12-5-7-1-2-10-9(11-7)8-6-13-3-4-14-8/h1-2,8,12H,3-6H2. The Morgan fingerprint density at radius 2 is 2.43 bits per heavy atom. The Labute approximate surface area is 81.7 Å². The highest BCUT2D eigenvalue weighted by Crippen LogP contribution is 2.16. The van der Waals surface area contributed by atoms with Crippen LogP contribution in [0.15, 0.2) is 12.3 Å². The van der Waals surface area contributed by atoms with E-state index in [-0.39, 0.29) is 12.7 Å². The van der Waals surface area contributed by atoms with Gasteiger partial charge in [0.05, 0.1) is 32.1 Å². The third-order valence-electron chi connectivity index (χ3n) is 2.00. The maximum Gasteiger partial charge on any atom is 0.159 e. The third-order valence-corrected chi connectivity index (χ3v) is 2.00. The van der Waals surface area contributed by atoms with Crippen LogP contribution in [0.5, 0.6) is 0 Å². The lowest BCUT2D eigenvalue weighted by Crippen LogP contribution is -2.23. The van der Waals surface area contributed by atoms with E-state index < -0.39 is 0 Å². The van der Waals surface area contributed by atoms with Crippen LogP contribution >= 0.6 is 0 Å². The van der Waals surface area contributed by atoms with E-state index in [2.05, 4.69) is 9.97 Å². The van der Waals surface area contributed by atoms with Gasteiger partial charge in [-0.25, -0.2) is 9.97 Å². The van der Waals surface area contributed by atoms with Gasteiger partial charge >= 0.3 is 0 Å². The highest BCUT2D eigenvalue weighted by Gasteiger charge is 2.19. The van der Waals surface area contributed by atoms with E-state index in [1.54, 1.807) is 12.3 Å². The van der Waals surface area contributed by atoms with Gasteiger partial charge in [-0.05, 0) is 6.07 Å². The summed E-state index contributed by atoms with van der Waals surface area (Å²) < 4.78 is 10.7. The Morgan fingerprint density at radius 3 is 3.14 bits per heavy atom. The Morgan fingerprint density at radius 1 is 1.50 bits per heavy atom. The number of hydrogen-bond donors (Lipinski definition) is 1. The van der Waals surface area contributed by atoms with Crippen molar-refractivity contribution in [2.75, 3.05) is 19.8 Å². The minimum Gasteiger partial charge on any atom is -0.390 e. The Hall–Kier alpha value is -1.04. The number of ether oxygens (including phenoxy) is 2. The fourth-order valence-corrected chi connectivity index (χ4v) is 1.29. The summed E-state index contributed by atoms with van der Waals surface area (Å²) in [6, 6.07) is 1.67. The monoisotopic (exact) mass is 196 g/mol. The van der Waals surface area contributed by atoms with Gasteiger partial charge in [0.1, 0.15) is 6.10 Å². The lowest BCUT2D eigenvalue weighted by atomic mass is 10.3. The predicted octanol–water partition coefficient (Wildman–Crippen LogP) is 0.0568. The molecule has 0 spiro atoms. The number of aliphatic hydroxyl groups excluding tert-OH is 1. The molecular formula is C9H12N2O3. The highest BCUT2D eigenvalue weighted by atomic mass is 16.6. The second-order valence-electron chi connectivity index (χ2n) is 3.00. The Kier molecular flexibility index (Phi) is 3.03. The molecule has 2 heterocycles. The van der Waals surface area contributed by atoms with Crippen molar-refractivity contribution in [2.24, 2.45) is 0 Å². The summed E-state index contributed by atoms with van der Waals surface area (Å²) in [7, 11) is 0. The molecule has 1 unspecified atom stereocenters. The van der Waals surface area contributed by atoms with E-state index in [1.807, 2.05) is 0 Å². The van der Waals surface area contributed by atoms with Gasteiger partial charge in [0.2, 0.25) is 0 Å². The average molecular weight is 196 g/mol. The number of aromatic nitrogens is 2. The van der Waals surface area contributed by atoms with Crippen molar-refractivity contribution < 1.29 is 14.6 Å². The van der Waals surface area contributed by atoms with E-state index in [4.69, 9.17) is 14.6 Å². The van der Waals surface area contributed by atoms with Gasteiger partial charge in [0.25, 0.3) is 0 Å². The quantitative estimate of drug-likeness (QED) is 0.724. The summed E-state index contributed by atoms with van der Waals surface area (Å²) in [4.78, 5) is 8.23. The first-order chi connectivity index (χ1) is 6.90. The lowest BCUT2D eigenvalue weighted by Gasteiger charge is -2.21. The van der Waals surface area contributed by atoms with Crippen molar-refractivity contribution in [3.63, 3.8) is 0 Å². The largest absolute Gasteiger partial charge is 0.390 e. The van der Waals surface area contributed by atoms with Crippen LogP contribution in [0, 0.1) is 0 Å². The first-order valence-electron chi connectivity index (χ1n) is 4.52. The minimum atomic E-state index is -0.199. The molecule has 0 bridgehead atoms. The fraction of sp³-hybridized carbons (Fsp3) is 0.556. The SMILES string of the molecule is OCc1ccnc(C2COCCO2)n1. The topological polar surface area (TPSA) is 64.5 Å². The summed E-state index contributed by atoms with van der Waals surface area (Å²) in [5.41, 5.74) is 0.601. The van der Waals surface area contributed by atoms with Crippen molar-refractivity contribution >= 4 is 0 Å². The maximum absolute atomic E-state index is 8.90. The summed E-state index contributed by atoms with van der Waals surface area (Å²) in [5, 5.41) is 8.90. The molecule has 1 fully saturated rings. The van der Waals surface area contributed by atoms with Gasteiger partial charge in [-0.2, -0.15) is 0 Å². The number of aliphatic hydroxyl groups is 1. The maximum atomic E-state index is 8.90. The second kappa shape index (κ2) is 4.45.